The number of nitrogens with one attached hydrogen (secondary N) is 1. The van der Waals surface area contributed by atoms with Crippen LogP contribution in [0.3, 0.4) is 0 Å². The summed E-state index contributed by atoms with van der Waals surface area (Å²) in [5, 5.41) is 3.79. The molecule has 0 aliphatic carbocycles. The van der Waals surface area contributed by atoms with E-state index in [9.17, 15) is 13.2 Å². The normalized spacial score (nSPS) is 11.4. The highest BCUT2D eigenvalue weighted by Gasteiger charge is 2.22. The average Bonchev–Trinajstić information content (AvgIpc) is 2.99. The van der Waals surface area contributed by atoms with Crippen LogP contribution in [-0.4, -0.2) is 39.7 Å². The number of carbonyl (C=O) groups is 1. The molecule has 2 rings (SSSR count). The van der Waals surface area contributed by atoms with Gasteiger partial charge in [-0.3, -0.25) is 9.69 Å². The topological polar surface area (TPSA) is 102 Å². The smallest absolute Gasteiger partial charge is 0.244 e. The third kappa shape index (κ3) is 4.41. The van der Waals surface area contributed by atoms with Crippen molar-refractivity contribution < 1.29 is 22.5 Å². The monoisotopic (exact) mass is 381 g/mol. The van der Waals surface area contributed by atoms with E-state index in [-0.39, 0.29) is 29.6 Å². The molecule has 8 nitrogen and oxygen atoms in total. The van der Waals surface area contributed by atoms with E-state index in [0.717, 1.165) is 11.1 Å². The summed E-state index contributed by atoms with van der Waals surface area (Å²) in [6, 6.07) is 4.87. The quantitative estimate of drug-likeness (QED) is 0.786. The second-order valence-corrected chi connectivity index (χ2v) is 7.69. The minimum atomic E-state index is -3.80. The number of benzene rings is 1. The number of amides is 1. The Kier molecular flexibility index (Phi) is 6.04. The van der Waals surface area contributed by atoms with Gasteiger partial charge in [0.1, 0.15) is 16.4 Å². The van der Waals surface area contributed by atoms with Crippen LogP contribution in [0.5, 0.6) is 5.75 Å². The van der Waals surface area contributed by atoms with Gasteiger partial charge in [-0.25, -0.2) is 13.1 Å². The fourth-order valence-corrected chi connectivity index (χ4v) is 3.67. The molecule has 1 N–H and O–H groups in total. The van der Waals surface area contributed by atoms with Crippen LogP contribution in [0.1, 0.15) is 23.8 Å². The van der Waals surface area contributed by atoms with Gasteiger partial charge in [-0.15, -0.1) is 0 Å². The minimum absolute atomic E-state index is 0.0178. The molecule has 0 saturated heterocycles. The van der Waals surface area contributed by atoms with E-state index in [1.165, 1.54) is 18.9 Å². The van der Waals surface area contributed by atoms with Gasteiger partial charge in [0.15, 0.2) is 5.82 Å². The van der Waals surface area contributed by atoms with Crippen molar-refractivity contribution in [2.45, 2.75) is 32.6 Å². The van der Waals surface area contributed by atoms with Crippen LogP contribution >= 0.6 is 0 Å². The van der Waals surface area contributed by atoms with E-state index in [4.69, 9.17) is 9.26 Å². The van der Waals surface area contributed by atoms with Crippen molar-refractivity contribution in [1.29, 1.82) is 0 Å². The van der Waals surface area contributed by atoms with E-state index in [0.29, 0.717) is 11.6 Å². The van der Waals surface area contributed by atoms with Crippen molar-refractivity contribution in [2.24, 2.45) is 0 Å². The number of anilines is 1. The molecule has 2 aromatic rings. The van der Waals surface area contributed by atoms with Crippen molar-refractivity contribution in [3.05, 3.63) is 35.1 Å². The summed E-state index contributed by atoms with van der Waals surface area (Å²) >= 11 is 0. The molecule has 0 saturated carbocycles. The number of nitrogens with zero attached hydrogens (tertiary/aromatic N) is 2. The molecule has 0 aliphatic heterocycles. The zero-order chi connectivity index (χ0) is 19.5. The molecule has 0 fully saturated rings. The summed E-state index contributed by atoms with van der Waals surface area (Å²) in [7, 11) is -2.37. The van der Waals surface area contributed by atoms with Gasteiger partial charge in [-0.1, -0.05) is 5.16 Å². The van der Waals surface area contributed by atoms with Crippen LogP contribution in [0, 0.1) is 20.8 Å². The van der Waals surface area contributed by atoms with E-state index >= 15 is 0 Å². The average molecular weight is 381 g/mol. The Hall–Kier alpha value is -2.39. The van der Waals surface area contributed by atoms with Crippen LogP contribution < -0.4 is 14.4 Å². The molecule has 1 aromatic heterocycles. The maximum Gasteiger partial charge on any atom is 0.244 e. The zero-order valence-electron chi connectivity index (χ0n) is 15.5. The van der Waals surface area contributed by atoms with Crippen molar-refractivity contribution in [1.82, 2.24) is 9.88 Å². The third-order valence-corrected chi connectivity index (χ3v) is 5.45. The number of methoxy groups -OCH3 is 1. The lowest BCUT2D eigenvalue weighted by Gasteiger charge is -2.18. The summed E-state index contributed by atoms with van der Waals surface area (Å²) in [6.45, 7) is 6.94. The largest absolute Gasteiger partial charge is 0.495 e. The highest BCUT2D eigenvalue weighted by molar-refractivity contribution is 7.89. The first kappa shape index (κ1) is 19.9. The summed E-state index contributed by atoms with van der Waals surface area (Å²) in [4.78, 5) is 13.2. The van der Waals surface area contributed by atoms with Gasteiger partial charge in [0, 0.05) is 26.1 Å². The fraction of sp³-hybridized carbons (Fsp3) is 0.412. The number of carbonyl (C=O) groups excluding carboxylic acids is 1. The Morgan fingerprint density at radius 1 is 1.23 bits per heavy atom. The molecular weight excluding hydrogens is 358 g/mol. The summed E-state index contributed by atoms with van der Waals surface area (Å²) in [5.74, 6) is 0.919. The first-order chi connectivity index (χ1) is 12.2. The van der Waals surface area contributed by atoms with Crippen molar-refractivity contribution in [3.63, 3.8) is 0 Å². The standard InChI is InChI=1S/C17H23N3O5S/c1-11-8-15(24-5)16(9-12(11)2)26(22,23)18-6-7-20(14(4)21)17-10-13(3)25-19-17/h8-10,18H,6-7H2,1-5H3. The molecule has 9 heteroatoms. The van der Waals surface area contributed by atoms with Gasteiger partial charge >= 0.3 is 0 Å². The van der Waals surface area contributed by atoms with Crippen LogP contribution in [-0.2, 0) is 14.8 Å². The number of hydrogen-bond acceptors (Lipinski definition) is 6. The van der Waals surface area contributed by atoms with E-state index in [1.54, 1.807) is 25.1 Å². The number of ether oxygens (including phenoxy) is 1. The lowest BCUT2D eigenvalue weighted by molar-refractivity contribution is -0.116. The molecule has 0 radical (unpaired) electrons. The van der Waals surface area contributed by atoms with Gasteiger partial charge < -0.3 is 9.26 Å². The Labute approximate surface area is 153 Å². The Balaban J connectivity index is 2.15. The van der Waals surface area contributed by atoms with Gasteiger partial charge in [-0.2, -0.15) is 0 Å². The SMILES string of the molecule is COc1cc(C)c(C)cc1S(=O)(=O)NCCN(C(C)=O)c1cc(C)on1. The predicted molar refractivity (Wildman–Crippen MR) is 96.9 cm³/mol. The highest BCUT2D eigenvalue weighted by Crippen LogP contribution is 2.27. The van der Waals surface area contributed by atoms with E-state index in [2.05, 4.69) is 9.88 Å². The van der Waals surface area contributed by atoms with Gasteiger partial charge in [0.2, 0.25) is 15.9 Å². The van der Waals surface area contributed by atoms with Crippen LogP contribution in [0.4, 0.5) is 5.82 Å². The summed E-state index contributed by atoms with van der Waals surface area (Å²) in [5.41, 5.74) is 1.78. The highest BCUT2D eigenvalue weighted by atomic mass is 32.2. The molecule has 0 bridgehead atoms. The van der Waals surface area contributed by atoms with Crippen molar-refractivity contribution >= 4 is 21.7 Å². The second kappa shape index (κ2) is 7.88. The number of sulfonamides is 1. The number of rotatable bonds is 7. The maximum absolute atomic E-state index is 12.6. The predicted octanol–water partition coefficient (Wildman–Crippen LogP) is 1.94. The number of hydrogen-bond donors (Lipinski definition) is 1. The van der Waals surface area contributed by atoms with Crippen molar-refractivity contribution in [2.75, 3.05) is 25.1 Å². The second-order valence-electron chi connectivity index (χ2n) is 5.95. The van der Waals surface area contributed by atoms with Gasteiger partial charge in [0.05, 0.1) is 7.11 Å². The molecule has 142 valence electrons. The zero-order valence-corrected chi connectivity index (χ0v) is 16.3. The molecule has 1 heterocycles. The molecular formula is C17H23N3O5S. The lowest BCUT2D eigenvalue weighted by Crippen LogP contribution is -2.37. The van der Waals surface area contributed by atoms with Crippen molar-refractivity contribution in [3.8, 4) is 5.75 Å². The Morgan fingerprint density at radius 2 is 1.88 bits per heavy atom. The molecule has 0 unspecified atom stereocenters. The maximum atomic E-state index is 12.6. The first-order valence-electron chi connectivity index (χ1n) is 8.02. The minimum Gasteiger partial charge on any atom is -0.495 e. The molecule has 26 heavy (non-hydrogen) atoms. The van der Waals surface area contributed by atoms with Crippen LogP contribution in [0.25, 0.3) is 0 Å². The Morgan fingerprint density at radius 3 is 2.42 bits per heavy atom. The van der Waals surface area contributed by atoms with Gasteiger partial charge in [0.25, 0.3) is 0 Å². The molecule has 0 atom stereocenters. The number of aromatic nitrogens is 1. The Bertz CT molecular complexity index is 905. The summed E-state index contributed by atoms with van der Waals surface area (Å²) < 4.78 is 37.9. The third-order valence-electron chi connectivity index (χ3n) is 3.97. The lowest BCUT2D eigenvalue weighted by atomic mass is 10.1. The molecule has 0 spiro atoms. The van der Waals surface area contributed by atoms with Crippen LogP contribution in [0.2, 0.25) is 0 Å². The van der Waals surface area contributed by atoms with Gasteiger partial charge in [-0.05, 0) is 44.0 Å². The molecule has 1 amide bonds. The van der Waals surface area contributed by atoms with Crippen LogP contribution in [0.15, 0.2) is 27.6 Å². The molecule has 1 aromatic carbocycles. The van der Waals surface area contributed by atoms with E-state index in [1.807, 2.05) is 13.8 Å². The number of aryl methyl sites for hydroxylation is 3. The molecule has 0 aliphatic rings. The first-order valence-corrected chi connectivity index (χ1v) is 9.50. The summed E-state index contributed by atoms with van der Waals surface area (Å²) in [6.07, 6.45) is 0. The fourth-order valence-electron chi connectivity index (χ4n) is 2.42. The van der Waals surface area contributed by atoms with E-state index < -0.39 is 10.0 Å².